The zero-order valence-corrected chi connectivity index (χ0v) is 12.9. The molecular weight excluding hydrogens is 252 g/mol. The van der Waals surface area contributed by atoms with Crippen LogP contribution in [0.4, 0.5) is 5.69 Å². The fourth-order valence-corrected chi connectivity index (χ4v) is 2.81. The Labute approximate surface area is 119 Å². The summed E-state index contributed by atoms with van der Waals surface area (Å²) >= 11 is 1.69. The second-order valence-electron chi connectivity index (χ2n) is 5.23. The highest BCUT2D eigenvalue weighted by atomic mass is 32.1. The largest absolute Gasteiger partial charge is 0.382 e. The second-order valence-corrected chi connectivity index (χ2v) is 6.29. The Morgan fingerprint density at radius 2 is 1.89 bits per heavy atom. The van der Waals surface area contributed by atoms with Crippen LogP contribution >= 0.6 is 11.3 Å². The zero-order chi connectivity index (χ0) is 13.8. The molecule has 0 fully saturated rings. The number of rotatable bonds is 5. The number of nitrogens with zero attached hydrogens (tertiary/aromatic N) is 1. The molecule has 2 nitrogen and oxygen atoms in total. The summed E-state index contributed by atoms with van der Waals surface area (Å²) in [5.41, 5.74) is 3.45. The summed E-state index contributed by atoms with van der Waals surface area (Å²) in [5.74, 6) is 0.644. The molecule has 0 saturated carbocycles. The van der Waals surface area contributed by atoms with Crippen molar-refractivity contribution in [3.8, 4) is 11.3 Å². The van der Waals surface area contributed by atoms with Crippen molar-refractivity contribution in [1.29, 1.82) is 0 Å². The molecule has 1 N–H and O–H groups in total. The maximum atomic E-state index is 4.51. The highest BCUT2D eigenvalue weighted by Gasteiger charge is 2.10. The van der Waals surface area contributed by atoms with Gasteiger partial charge in [0.25, 0.3) is 0 Å². The van der Waals surface area contributed by atoms with Crippen LogP contribution in [0.25, 0.3) is 11.3 Å². The van der Waals surface area contributed by atoms with Crippen molar-refractivity contribution in [3.63, 3.8) is 0 Å². The lowest BCUT2D eigenvalue weighted by Gasteiger charge is -2.22. The quantitative estimate of drug-likeness (QED) is 0.833. The Hall–Kier alpha value is -1.35. The molecular formula is C16H22N2S. The standard InChI is InChI=1S/C16H22N2S/c1-5-15(11(2)3)18-14-8-6-13(7-9-14)16-10-19-12(4)17-16/h6-11,15,18H,5H2,1-4H3. The number of nitrogens with one attached hydrogen (secondary N) is 1. The smallest absolute Gasteiger partial charge is 0.0901 e. The van der Waals surface area contributed by atoms with Gasteiger partial charge in [-0.15, -0.1) is 11.3 Å². The molecule has 19 heavy (non-hydrogen) atoms. The van der Waals surface area contributed by atoms with E-state index in [2.05, 4.69) is 60.7 Å². The molecule has 2 aromatic rings. The van der Waals surface area contributed by atoms with Gasteiger partial charge in [-0.2, -0.15) is 0 Å². The lowest BCUT2D eigenvalue weighted by Crippen LogP contribution is -2.24. The number of thiazole rings is 1. The maximum Gasteiger partial charge on any atom is 0.0901 e. The van der Waals surface area contributed by atoms with Gasteiger partial charge in [0.1, 0.15) is 0 Å². The molecule has 0 saturated heterocycles. The molecule has 1 atom stereocenters. The van der Waals surface area contributed by atoms with Crippen molar-refractivity contribution in [2.24, 2.45) is 5.92 Å². The molecule has 0 aliphatic rings. The van der Waals surface area contributed by atoms with Gasteiger partial charge in [0.05, 0.1) is 10.7 Å². The highest BCUT2D eigenvalue weighted by Crippen LogP contribution is 2.24. The third kappa shape index (κ3) is 3.57. The van der Waals surface area contributed by atoms with Crippen molar-refractivity contribution in [2.75, 3.05) is 5.32 Å². The predicted molar refractivity (Wildman–Crippen MR) is 84.8 cm³/mol. The van der Waals surface area contributed by atoms with Gasteiger partial charge >= 0.3 is 0 Å². The molecule has 0 aliphatic heterocycles. The normalized spacial score (nSPS) is 12.7. The van der Waals surface area contributed by atoms with Crippen LogP contribution in [-0.2, 0) is 0 Å². The molecule has 0 spiro atoms. The van der Waals surface area contributed by atoms with Gasteiger partial charge in [0, 0.05) is 22.7 Å². The summed E-state index contributed by atoms with van der Waals surface area (Å²) in [6.07, 6.45) is 1.14. The average Bonchev–Trinajstić information content (AvgIpc) is 2.83. The van der Waals surface area contributed by atoms with Crippen LogP contribution in [-0.4, -0.2) is 11.0 Å². The summed E-state index contributed by atoms with van der Waals surface area (Å²) in [4.78, 5) is 4.51. The van der Waals surface area contributed by atoms with Crippen molar-refractivity contribution >= 4 is 17.0 Å². The number of hydrogen-bond acceptors (Lipinski definition) is 3. The minimum atomic E-state index is 0.535. The van der Waals surface area contributed by atoms with Crippen LogP contribution in [0, 0.1) is 12.8 Å². The van der Waals surface area contributed by atoms with Gasteiger partial charge in [-0.3, -0.25) is 0 Å². The van der Waals surface area contributed by atoms with Gasteiger partial charge in [-0.25, -0.2) is 4.98 Å². The summed E-state index contributed by atoms with van der Waals surface area (Å²) in [5, 5.41) is 6.82. The molecule has 3 heteroatoms. The molecule has 0 bridgehead atoms. The number of hydrogen-bond donors (Lipinski definition) is 1. The summed E-state index contributed by atoms with van der Waals surface area (Å²) in [7, 11) is 0. The topological polar surface area (TPSA) is 24.9 Å². The zero-order valence-electron chi connectivity index (χ0n) is 12.1. The minimum Gasteiger partial charge on any atom is -0.382 e. The highest BCUT2D eigenvalue weighted by molar-refractivity contribution is 7.09. The van der Waals surface area contributed by atoms with E-state index >= 15 is 0 Å². The van der Waals surface area contributed by atoms with Crippen LogP contribution in [0.2, 0.25) is 0 Å². The summed E-state index contributed by atoms with van der Waals surface area (Å²) in [6.45, 7) is 8.78. The fraction of sp³-hybridized carbons (Fsp3) is 0.438. The number of benzene rings is 1. The minimum absolute atomic E-state index is 0.535. The van der Waals surface area contributed by atoms with E-state index in [0.717, 1.165) is 17.1 Å². The monoisotopic (exact) mass is 274 g/mol. The first kappa shape index (κ1) is 14.1. The van der Waals surface area contributed by atoms with Gasteiger partial charge in [0.2, 0.25) is 0 Å². The Bertz CT molecular complexity index is 514. The first-order valence-electron chi connectivity index (χ1n) is 6.89. The molecule has 2 rings (SSSR count). The average molecular weight is 274 g/mol. The van der Waals surface area contributed by atoms with Crippen LogP contribution in [0.1, 0.15) is 32.2 Å². The van der Waals surface area contributed by atoms with Crippen LogP contribution in [0.15, 0.2) is 29.6 Å². The van der Waals surface area contributed by atoms with Gasteiger partial charge in [0.15, 0.2) is 0 Å². The SMILES string of the molecule is CCC(Nc1ccc(-c2csc(C)n2)cc1)C(C)C. The maximum absolute atomic E-state index is 4.51. The van der Waals surface area contributed by atoms with E-state index in [1.165, 1.54) is 11.3 Å². The third-order valence-corrected chi connectivity index (χ3v) is 4.17. The third-order valence-electron chi connectivity index (χ3n) is 3.40. The molecule has 1 aromatic carbocycles. The molecule has 0 radical (unpaired) electrons. The van der Waals surface area contributed by atoms with E-state index in [1.54, 1.807) is 11.3 Å². The van der Waals surface area contributed by atoms with E-state index in [4.69, 9.17) is 0 Å². The van der Waals surface area contributed by atoms with Crippen molar-refractivity contribution in [3.05, 3.63) is 34.7 Å². The van der Waals surface area contributed by atoms with Crippen molar-refractivity contribution in [1.82, 2.24) is 4.98 Å². The molecule has 0 amide bonds. The number of aromatic nitrogens is 1. The van der Waals surface area contributed by atoms with Crippen molar-refractivity contribution < 1.29 is 0 Å². The first-order chi connectivity index (χ1) is 9.10. The van der Waals surface area contributed by atoms with Gasteiger partial charge in [-0.05, 0) is 31.4 Å². The van der Waals surface area contributed by atoms with Crippen molar-refractivity contribution in [2.45, 2.75) is 40.2 Å². The Morgan fingerprint density at radius 3 is 2.37 bits per heavy atom. The summed E-state index contributed by atoms with van der Waals surface area (Å²) < 4.78 is 0. The van der Waals surface area contributed by atoms with E-state index in [0.29, 0.717) is 12.0 Å². The molecule has 0 aliphatic carbocycles. The second kappa shape index (κ2) is 6.20. The molecule has 1 heterocycles. The van der Waals surface area contributed by atoms with E-state index in [1.807, 2.05) is 6.92 Å². The van der Waals surface area contributed by atoms with Crippen LogP contribution < -0.4 is 5.32 Å². The lowest BCUT2D eigenvalue weighted by atomic mass is 10.0. The Balaban J connectivity index is 2.10. The Morgan fingerprint density at radius 1 is 1.21 bits per heavy atom. The summed E-state index contributed by atoms with van der Waals surface area (Å²) in [6, 6.07) is 9.12. The molecule has 102 valence electrons. The van der Waals surface area contributed by atoms with Gasteiger partial charge < -0.3 is 5.32 Å². The molecule has 1 aromatic heterocycles. The van der Waals surface area contributed by atoms with E-state index in [-0.39, 0.29) is 0 Å². The van der Waals surface area contributed by atoms with E-state index < -0.39 is 0 Å². The van der Waals surface area contributed by atoms with Crippen LogP contribution in [0.3, 0.4) is 0 Å². The first-order valence-corrected chi connectivity index (χ1v) is 7.77. The van der Waals surface area contributed by atoms with Gasteiger partial charge in [-0.1, -0.05) is 32.9 Å². The Kier molecular flexibility index (Phi) is 4.59. The fourth-order valence-electron chi connectivity index (χ4n) is 2.19. The molecule has 1 unspecified atom stereocenters. The number of aryl methyl sites for hydroxylation is 1. The van der Waals surface area contributed by atoms with Crippen LogP contribution in [0.5, 0.6) is 0 Å². The van der Waals surface area contributed by atoms with E-state index in [9.17, 15) is 0 Å². The number of anilines is 1. The predicted octanol–water partition coefficient (Wildman–Crippen LogP) is 4.97. The lowest BCUT2D eigenvalue weighted by molar-refractivity contribution is 0.511.